The van der Waals surface area contributed by atoms with E-state index in [2.05, 4.69) is 20.9 Å². The van der Waals surface area contributed by atoms with E-state index in [0.717, 1.165) is 5.56 Å². The van der Waals surface area contributed by atoms with E-state index in [0.29, 0.717) is 16.6 Å². The van der Waals surface area contributed by atoms with Gasteiger partial charge in [-0.05, 0) is 42.0 Å². The first-order valence-electron chi connectivity index (χ1n) is 12.4. The lowest BCUT2D eigenvalue weighted by Crippen LogP contribution is -2.35. The van der Waals surface area contributed by atoms with Crippen LogP contribution in [0.1, 0.15) is 15.9 Å². The Morgan fingerprint density at radius 2 is 1.83 bits per heavy atom. The number of aliphatic hydroxyl groups excluding tert-OH is 2. The summed E-state index contributed by atoms with van der Waals surface area (Å²) in [6.45, 7) is -0.676. The Balaban J connectivity index is 1.48. The number of fused-ring (bicyclic) bond motifs is 1. The van der Waals surface area contributed by atoms with Crippen LogP contribution in [-0.2, 0) is 11.2 Å². The Morgan fingerprint density at radius 1 is 1.05 bits per heavy atom. The first-order valence-corrected chi connectivity index (χ1v) is 12.8. The van der Waals surface area contributed by atoms with Crippen molar-refractivity contribution in [1.82, 2.24) is 15.6 Å². The number of amides is 2. The highest BCUT2D eigenvalue weighted by Crippen LogP contribution is 2.34. The molecule has 0 bridgehead atoms. The summed E-state index contributed by atoms with van der Waals surface area (Å²) in [5.74, 6) is -1.22. The molecule has 3 aromatic carbocycles. The quantitative estimate of drug-likeness (QED) is 0.179. The number of benzene rings is 3. The molecule has 4 rings (SSSR count). The van der Waals surface area contributed by atoms with Crippen LogP contribution in [0, 0.1) is 5.82 Å². The molecule has 0 saturated carbocycles. The second-order valence-corrected chi connectivity index (χ2v) is 9.25. The van der Waals surface area contributed by atoms with Crippen molar-refractivity contribution in [2.75, 3.05) is 25.6 Å². The van der Waals surface area contributed by atoms with Crippen molar-refractivity contribution in [1.29, 1.82) is 0 Å². The summed E-state index contributed by atoms with van der Waals surface area (Å²) < 4.78 is 26.2. The van der Waals surface area contributed by atoms with E-state index in [4.69, 9.17) is 26.8 Å². The van der Waals surface area contributed by atoms with Gasteiger partial charge in [0.25, 0.3) is 5.91 Å². The minimum absolute atomic E-state index is 0.0189. The number of carbonyl (C=O) groups excluding carboxylic acids is 2. The summed E-state index contributed by atoms with van der Waals surface area (Å²) in [7, 11) is 1.40. The third-order valence-electron chi connectivity index (χ3n) is 5.85. The monoisotopic (exact) mass is 578 g/mol. The van der Waals surface area contributed by atoms with E-state index in [1.165, 1.54) is 49.7 Å². The van der Waals surface area contributed by atoms with E-state index in [-0.39, 0.29) is 46.8 Å². The number of aromatic nitrogens is 1. The van der Waals surface area contributed by atoms with Crippen molar-refractivity contribution in [2.24, 2.45) is 0 Å². The van der Waals surface area contributed by atoms with Crippen LogP contribution in [0.25, 0.3) is 10.9 Å². The van der Waals surface area contributed by atoms with Gasteiger partial charge >= 0.3 is 0 Å². The van der Waals surface area contributed by atoms with Crippen LogP contribution in [0.15, 0.2) is 72.9 Å². The molecule has 10 nitrogen and oxygen atoms in total. The van der Waals surface area contributed by atoms with Gasteiger partial charge in [0.15, 0.2) is 16.7 Å². The third-order valence-corrected chi connectivity index (χ3v) is 6.05. The molecule has 0 spiro atoms. The number of nitrogens with one attached hydrogen (secondary N) is 3. The van der Waals surface area contributed by atoms with E-state index in [9.17, 15) is 14.7 Å². The molecule has 1 unspecified atom stereocenters. The largest absolute Gasteiger partial charge is 0.496 e. The molecule has 1 aromatic heterocycles. The summed E-state index contributed by atoms with van der Waals surface area (Å²) in [6, 6.07) is 17.8. The number of carbonyl (C=O) groups is 2. The topological polar surface area (TPSA) is 142 Å². The normalized spacial score (nSPS) is 11.4. The van der Waals surface area contributed by atoms with Crippen molar-refractivity contribution in [2.45, 2.75) is 12.5 Å². The molecule has 4 aromatic rings. The SMILES string of the molecule is COc1cc2nccc(Oc3ccc(NC(=S)NC(=O)Cc4ccccc4)cc3F)c2cc1C(=O)NCC(O)CO. The molecule has 1 atom stereocenters. The van der Waals surface area contributed by atoms with E-state index in [1.807, 2.05) is 30.3 Å². The molecule has 12 heteroatoms. The van der Waals surface area contributed by atoms with Gasteiger partial charge in [-0.2, -0.15) is 0 Å². The van der Waals surface area contributed by atoms with Crippen molar-refractivity contribution in [3.05, 3.63) is 89.9 Å². The molecule has 1 heterocycles. The van der Waals surface area contributed by atoms with Gasteiger partial charge in [0, 0.05) is 35.9 Å². The molecular formula is C29H27FN4O6S. The average Bonchev–Trinajstić information content (AvgIpc) is 2.96. The number of rotatable bonds is 10. The Bertz CT molecular complexity index is 1570. The number of nitrogens with zero attached hydrogens (tertiary/aromatic N) is 1. The number of hydrogen-bond acceptors (Lipinski definition) is 8. The van der Waals surface area contributed by atoms with E-state index in [1.54, 1.807) is 0 Å². The minimum Gasteiger partial charge on any atom is -0.496 e. The zero-order valence-electron chi connectivity index (χ0n) is 21.9. The standard InChI is InChI=1S/C29H27FN4O6S/c1-39-26-14-23-20(13-21(26)28(38)32-15-19(36)16-35)24(9-10-31-23)40-25-8-7-18(12-22(25)30)33-29(41)34-27(37)11-17-5-3-2-4-6-17/h2-10,12-14,19,35-36H,11,15-16H2,1H3,(H,32,38)(H2,33,34,37,41). The number of aliphatic hydroxyl groups is 2. The van der Waals surface area contributed by atoms with Gasteiger partial charge in [-0.3, -0.25) is 14.6 Å². The summed E-state index contributed by atoms with van der Waals surface area (Å²) in [4.78, 5) is 29.3. The molecule has 41 heavy (non-hydrogen) atoms. The maximum Gasteiger partial charge on any atom is 0.255 e. The fourth-order valence-corrected chi connectivity index (χ4v) is 4.08. The van der Waals surface area contributed by atoms with E-state index >= 15 is 4.39 Å². The summed E-state index contributed by atoms with van der Waals surface area (Å²) >= 11 is 5.18. The molecule has 2 amide bonds. The lowest BCUT2D eigenvalue weighted by molar-refractivity contribution is -0.119. The highest BCUT2D eigenvalue weighted by molar-refractivity contribution is 7.80. The smallest absolute Gasteiger partial charge is 0.255 e. The summed E-state index contributed by atoms with van der Waals surface area (Å²) in [6.07, 6.45) is 0.494. The first-order chi connectivity index (χ1) is 19.8. The molecule has 0 fully saturated rings. The molecule has 0 aliphatic rings. The predicted octanol–water partition coefficient (Wildman–Crippen LogP) is 3.31. The number of ether oxygens (including phenoxy) is 2. The fourth-order valence-electron chi connectivity index (χ4n) is 3.85. The number of halogens is 1. The zero-order valence-corrected chi connectivity index (χ0v) is 22.7. The Labute approximate surface area is 240 Å². The Hall–Kier alpha value is -4.65. The van der Waals surface area contributed by atoms with E-state index < -0.39 is 24.4 Å². The Kier molecular flexibility index (Phi) is 9.74. The summed E-state index contributed by atoms with van der Waals surface area (Å²) in [5.41, 5.74) is 1.69. The van der Waals surface area contributed by atoms with Gasteiger partial charge in [-0.15, -0.1) is 0 Å². The van der Waals surface area contributed by atoms with Crippen LogP contribution in [0.4, 0.5) is 10.1 Å². The van der Waals surface area contributed by atoms with Gasteiger partial charge < -0.3 is 35.6 Å². The summed E-state index contributed by atoms with van der Waals surface area (Å²) in [5, 5.41) is 26.8. The molecule has 0 aliphatic carbocycles. The van der Waals surface area contributed by atoms with Gasteiger partial charge in [-0.1, -0.05) is 30.3 Å². The molecule has 0 saturated heterocycles. The number of pyridine rings is 1. The maximum atomic E-state index is 15.0. The number of methoxy groups -OCH3 is 1. The Morgan fingerprint density at radius 3 is 2.54 bits per heavy atom. The van der Waals surface area contributed by atoms with Crippen LogP contribution in [0.5, 0.6) is 17.2 Å². The lowest BCUT2D eigenvalue weighted by Gasteiger charge is -2.15. The maximum absolute atomic E-state index is 15.0. The van der Waals surface area contributed by atoms with Crippen LogP contribution < -0.4 is 25.4 Å². The van der Waals surface area contributed by atoms with Crippen molar-refractivity contribution in [3.8, 4) is 17.2 Å². The molecular weight excluding hydrogens is 551 g/mol. The second kappa shape index (κ2) is 13.6. The van der Waals surface area contributed by atoms with Gasteiger partial charge in [0.2, 0.25) is 5.91 Å². The highest BCUT2D eigenvalue weighted by Gasteiger charge is 2.18. The van der Waals surface area contributed by atoms with Crippen LogP contribution in [0.3, 0.4) is 0 Å². The number of hydrogen-bond donors (Lipinski definition) is 5. The van der Waals surface area contributed by atoms with Gasteiger partial charge in [0.05, 0.1) is 37.3 Å². The predicted molar refractivity (Wildman–Crippen MR) is 155 cm³/mol. The zero-order chi connectivity index (χ0) is 29.4. The third kappa shape index (κ3) is 7.72. The van der Waals surface area contributed by atoms with Crippen LogP contribution in [-0.4, -0.2) is 58.5 Å². The lowest BCUT2D eigenvalue weighted by atomic mass is 10.1. The number of thiocarbonyl (C=S) groups is 1. The molecule has 0 aliphatic heterocycles. The molecule has 5 N–H and O–H groups in total. The van der Waals surface area contributed by atoms with Crippen molar-refractivity contribution >= 4 is 45.7 Å². The number of anilines is 1. The first kappa shape index (κ1) is 29.3. The molecule has 212 valence electrons. The highest BCUT2D eigenvalue weighted by atomic mass is 32.1. The van der Waals surface area contributed by atoms with Crippen molar-refractivity contribution < 1.29 is 33.7 Å². The molecule has 0 radical (unpaired) electrons. The second-order valence-electron chi connectivity index (χ2n) is 8.84. The van der Waals surface area contributed by atoms with Gasteiger partial charge in [-0.25, -0.2) is 4.39 Å². The minimum atomic E-state index is -1.12. The average molecular weight is 579 g/mol. The van der Waals surface area contributed by atoms with Crippen LogP contribution in [0.2, 0.25) is 0 Å². The fraction of sp³-hybridized carbons (Fsp3) is 0.172. The van der Waals surface area contributed by atoms with Crippen molar-refractivity contribution in [3.63, 3.8) is 0 Å². The van der Waals surface area contributed by atoms with Crippen LogP contribution >= 0.6 is 12.2 Å². The van der Waals surface area contributed by atoms with Gasteiger partial charge in [0.1, 0.15) is 11.5 Å².